The molecule has 2 unspecified atom stereocenters. The van der Waals surface area contributed by atoms with Gasteiger partial charge in [0.1, 0.15) is 11.8 Å². The van der Waals surface area contributed by atoms with Gasteiger partial charge in [-0.25, -0.2) is 4.79 Å². The van der Waals surface area contributed by atoms with Crippen molar-refractivity contribution in [1.29, 1.82) is 0 Å². The Hall–Kier alpha value is -4.22. The van der Waals surface area contributed by atoms with Crippen molar-refractivity contribution in [2.75, 3.05) is 26.7 Å². The van der Waals surface area contributed by atoms with Crippen LogP contribution in [0.2, 0.25) is 0 Å². The number of likely N-dealkylation sites (tertiary alicyclic amines) is 1. The van der Waals surface area contributed by atoms with Crippen molar-refractivity contribution < 1.29 is 24.0 Å². The maximum Gasteiger partial charge on any atom is 0.334 e. The van der Waals surface area contributed by atoms with Crippen LogP contribution >= 0.6 is 0 Å². The first-order valence-corrected chi connectivity index (χ1v) is 12.7. The molecule has 3 atom stereocenters. The number of nitro groups is 1. The number of piperidine rings is 1. The molecule has 2 fully saturated rings. The molecule has 0 aliphatic carbocycles. The number of imide groups is 1. The van der Waals surface area contributed by atoms with Crippen molar-refractivity contribution >= 4 is 23.5 Å². The van der Waals surface area contributed by atoms with Crippen LogP contribution in [0.1, 0.15) is 36.4 Å². The molecule has 12 nitrogen and oxygen atoms in total. The van der Waals surface area contributed by atoms with E-state index in [9.17, 15) is 29.3 Å². The number of benzene rings is 1. The zero-order valence-electron chi connectivity index (χ0n) is 21.0. The Morgan fingerprint density at radius 2 is 1.87 bits per heavy atom. The number of pyridine rings is 1. The number of hydrogen-bond donors (Lipinski definition) is 1. The Bertz CT molecular complexity index is 1340. The standard InChI is InChI=1S/C26H29N5O7/c1-38-19-4-2-16(3-5-19)10-11-29-24(33)20(27-26(29)35)6-9-23(32)28-13-17-12-18(15-28)21-7-8-22(31(36)37)25(34)30(21)14-17/h2-5,7-8,17-18,20H,6,9-15H2,1H3,(H,27,35)/t17?,18?,20-/m0/s1. The Morgan fingerprint density at radius 3 is 2.58 bits per heavy atom. The number of nitrogens with one attached hydrogen (secondary N) is 1. The minimum absolute atomic E-state index is 0.0196. The normalized spacial score (nSPS) is 22.2. The van der Waals surface area contributed by atoms with Crippen molar-refractivity contribution in [1.82, 2.24) is 19.7 Å². The first kappa shape index (κ1) is 25.4. The van der Waals surface area contributed by atoms with Gasteiger partial charge in [0.2, 0.25) is 5.91 Å². The number of fused-ring (bicyclic) bond motifs is 4. The third-order valence-electron chi connectivity index (χ3n) is 7.67. The second kappa shape index (κ2) is 10.3. The predicted octanol–water partition coefficient (Wildman–Crippen LogP) is 1.65. The molecule has 4 amide bonds. The number of methoxy groups -OCH3 is 1. The monoisotopic (exact) mass is 523 g/mol. The first-order chi connectivity index (χ1) is 18.2. The Morgan fingerprint density at radius 1 is 1.11 bits per heavy atom. The van der Waals surface area contributed by atoms with Gasteiger partial charge in [-0.05, 0) is 48.9 Å². The van der Waals surface area contributed by atoms with Crippen LogP contribution in [0, 0.1) is 16.0 Å². The Balaban J connectivity index is 1.16. The van der Waals surface area contributed by atoms with Crippen LogP contribution in [-0.2, 0) is 22.6 Å². The lowest BCUT2D eigenvalue weighted by atomic mass is 9.83. The molecule has 1 aromatic heterocycles. The van der Waals surface area contributed by atoms with Gasteiger partial charge in [0.05, 0.1) is 12.0 Å². The number of amides is 4. The van der Waals surface area contributed by atoms with Crippen LogP contribution in [0.3, 0.4) is 0 Å². The number of urea groups is 1. The summed E-state index contributed by atoms with van der Waals surface area (Å²) in [6.07, 6.45) is 1.63. The summed E-state index contributed by atoms with van der Waals surface area (Å²) in [5.74, 6) is 0.221. The highest BCUT2D eigenvalue weighted by atomic mass is 16.6. The lowest BCUT2D eigenvalue weighted by Gasteiger charge is -2.42. The Kier molecular flexibility index (Phi) is 6.87. The van der Waals surface area contributed by atoms with Gasteiger partial charge < -0.3 is 19.5 Å². The van der Waals surface area contributed by atoms with Crippen LogP contribution in [0.4, 0.5) is 10.5 Å². The molecule has 2 saturated heterocycles. The third-order valence-corrected chi connectivity index (χ3v) is 7.67. The van der Waals surface area contributed by atoms with Gasteiger partial charge in [-0.1, -0.05) is 12.1 Å². The molecule has 2 bridgehead atoms. The molecule has 12 heteroatoms. The van der Waals surface area contributed by atoms with E-state index in [1.54, 1.807) is 18.1 Å². The minimum Gasteiger partial charge on any atom is -0.497 e. The van der Waals surface area contributed by atoms with Crippen LogP contribution in [0.15, 0.2) is 41.2 Å². The fourth-order valence-corrected chi connectivity index (χ4v) is 5.72. The molecule has 1 aromatic carbocycles. The second-order valence-corrected chi connectivity index (χ2v) is 10.0. The van der Waals surface area contributed by atoms with E-state index < -0.39 is 28.2 Å². The first-order valence-electron chi connectivity index (χ1n) is 12.7. The van der Waals surface area contributed by atoms with Crippen molar-refractivity contribution in [2.24, 2.45) is 5.92 Å². The molecule has 2 aromatic rings. The quantitative estimate of drug-likeness (QED) is 0.315. The van der Waals surface area contributed by atoms with Gasteiger partial charge in [-0.15, -0.1) is 0 Å². The van der Waals surface area contributed by atoms with E-state index in [-0.39, 0.29) is 43.0 Å². The number of hydrogen-bond acceptors (Lipinski definition) is 7. The molecule has 4 heterocycles. The van der Waals surface area contributed by atoms with E-state index in [0.29, 0.717) is 31.7 Å². The van der Waals surface area contributed by atoms with Gasteiger partial charge in [-0.2, -0.15) is 0 Å². The van der Waals surface area contributed by atoms with Crippen molar-refractivity contribution in [3.05, 3.63) is 68.1 Å². The number of rotatable bonds is 8. The highest BCUT2D eigenvalue weighted by Crippen LogP contribution is 2.36. The minimum atomic E-state index is -0.744. The molecule has 0 spiro atoms. The molecule has 3 aliphatic rings. The van der Waals surface area contributed by atoms with E-state index in [1.165, 1.54) is 15.5 Å². The number of nitrogens with zero attached hydrogens (tertiary/aromatic N) is 4. The topological polar surface area (TPSA) is 144 Å². The van der Waals surface area contributed by atoms with E-state index in [2.05, 4.69) is 5.32 Å². The van der Waals surface area contributed by atoms with Crippen LogP contribution in [-0.4, -0.2) is 69.9 Å². The fraction of sp³-hybridized carbons (Fsp3) is 0.462. The fourth-order valence-electron chi connectivity index (χ4n) is 5.72. The largest absolute Gasteiger partial charge is 0.497 e. The third kappa shape index (κ3) is 4.85. The zero-order chi connectivity index (χ0) is 27.0. The second-order valence-electron chi connectivity index (χ2n) is 10.0. The molecule has 0 radical (unpaired) electrons. The average molecular weight is 524 g/mol. The van der Waals surface area contributed by atoms with E-state index in [0.717, 1.165) is 17.7 Å². The summed E-state index contributed by atoms with van der Waals surface area (Å²) in [6.45, 7) is 1.43. The number of carbonyl (C=O) groups excluding carboxylic acids is 3. The maximum atomic E-state index is 13.1. The summed E-state index contributed by atoms with van der Waals surface area (Å²) < 4.78 is 6.62. The van der Waals surface area contributed by atoms with E-state index >= 15 is 0 Å². The van der Waals surface area contributed by atoms with Crippen LogP contribution in [0.5, 0.6) is 5.75 Å². The van der Waals surface area contributed by atoms with Gasteiger partial charge in [-0.3, -0.25) is 29.4 Å². The summed E-state index contributed by atoms with van der Waals surface area (Å²) >= 11 is 0. The van der Waals surface area contributed by atoms with Gasteiger partial charge >= 0.3 is 17.3 Å². The average Bonchev–Trinajstić information content (AvgIpc) is 3.18. The van der Waals surface area contributed by atoms with Crippen molar-refractivity contribution in [2.45, 2.75) is 44.2 Å². The molecule has 5 rings (SSSR count). The highest BCUT2D eigenvalue weighted by Gasteiger charge is 2.40. The maximum absolute atomic E-state index is 13.1. The number of ether oxygens (including phenoxy) is 1. The predicted molar refractivity (Wildman–Crippen MR) is 135 cm³/mol. The number of carbonyl (C=O) groups is 3. The summed E-state index contributed by atoms with van der Waals surface area (Å²) in [5.41, 5.74) is 0.635. The summed E-state index contributed by atoms with van der Waals surface area (Å²) in [6, 6.07) is 9.08. The summed E-state index contributed by atoms with van der Waals surface area (Å²) in [4.78, 5) is 64.3. The number of aromatic nitrogens is 1. The zero-order valence-corrected chi connectivity index (χ0v) is 21.0. The summed E-state index contributed by atoms with van der Waals surface area (Å²) in [7, 11) is 1.58. The molecular formula is C26H29N5O7. The van der Waals surface area contributed by atoms with Crippen LogP contribution < -0.4 is 15.6 Å². The molecule has 1 N–H and O–H groups in total. The smallest absolute Gasteiger partial charge is 0.334 e. The molecular weight excluding hydrogens is 494 g/mol. The van der Waals surface area contributed by atoms with E-state index in [1.807, 2.05) is 24.3 Å². The molecule has 200 valence electrons. The van der Waals surface area contributed by atoms with Crippen LogP contribution in [0.25, 0.3) is 0 Å². The van der Waals surface area contributed by atoms with Crippen molar-refractivity contribution in [3.8, 4) is 5.75 Å². The SMILES string of the molecule is COc1ccc(CCN2C(=O)N[C@@H](CCC(=O)N3CC4CC(C3)c3ccc([N+](=O)[O-])c(=O)n3C4)C2=O)cc1. The molecule has 38 heavy (non-hydrogen) atoms. The molecule has 3 aliphatic heterocycles. The van der Waals surface area contributed by atoms with Gasteiger partial charge in [0.25, 0.3) is 5.91 Å². The van der Waals surface area contributed by atoms with E-state index in [4.69, 9.17) is 4.74 Å². The molecule has 0 saturated carbocycles. The highest BCUT2D eigenvalue weighted by molar-refractivity contribution is 6.04. The Labute approximate surface area is 218 Å². The van der Waals surface area contributed by atoms with Gasteiger partial charge in [0.15, 0.2) is 0 Å². The van der Waals surface area contributed by atoms with Gasteiger partial charge in [0, 0.05) is 50.3 Å². The van der Waals surface area contributed by atoms with Crippen molar-refractivity contribution in [3.63, 3.8) is 0 Å². The lowest BCUT2D eigenvalue weighted by Crippen LogP contribution is -2.49. The lowest BCUT2D eigenvalue weighted by molar-refractivity contribution is -0.386. The summed E-state index contributed by atoms with van der Waals surface area (Å²) in [5, 5.41) is 13.8.